The zero-order valence-corrected chi connectivity index (χ0v) is 20.6. The summed E-state index contributed by atoms with van der Waals surface area (Å²) in [6.07, 6.45) is -4.11. The third-order valence-electron chi connectivity index (χ3n) is 6.16. The van der Waals surface area contributed by atoms with Crippen LogP contribution in [-0.4, -0.2) is 40.8 Å². The maximum Gasteiger partial charge on any atom is 0.416 e. The minimum Gasteiger partial charge on any atom is -0.484 e. The maximum absolute atomic E-state index is 13.2. The lowest BCUT2D eigenvalue weighted by Gasteiger charge is -2.29. The van der Waals surface area contributed by atoms with E-state index in [0.717, 1.165) is 16.9 Å². The van der Waals surface area contributed by atoms with Crippen LogP contribution in [0.2, 0.25) is 0 Å². The number of rotatable bonds is 7. The first-order valence-corrected chi connectivity index (χ1v) is 11.6. The summed E-state index contributed by atoms with van der Waals surface area (Å²) in [5, 5.41) is 11.9. The molecule has 3 aromatic rings. The number of fused-ring (bicyclic) bond motifs is 1. The molecule has 4 rings (SSSR count). The van der Waals surface area contributed by atoms with Gasteiger partial charge in [0.05, 0.1) is 41.0 Å². The first kappa shape index (κ1) is 26.5. The Morgan fingerprint density at radius 2 is 1.87 bits per heavy atom. The molecule has 38 heavy (non-hydrogen) atoms. The summed E-state index contributed by atoms with van der Waals surface area (Å²) in [6, 6.07) is 12.6. The number of carbonyl (C=O) groups is 1. The molecule has 1 aromatic heterocycles. The Morgan fingerprint density at radius 3 is 2.47 bits per heavy atom. The van der Waals surface area contributed by atoms with Crippen LogP contribution in [0, 0.1) is 11.3 Å². The van der Waals surface area contributed by atoms with Gasteiger partial charge < -0.3 is 19.8 Å². The highest BCUT2D eigenvalue weighted by Crippen LogP contribution is 2.30. The van der Waals surface area contributed by atoms with E-state index in [1.807, 2.05) is 6.07 Å². The molecule has 1 aliphatic heterocycles. The molecule has 12 heteroatoms. The van der Waals surface area contributed by atoms with Crippen molar-refractivity contribution < 1.29 is 27.5 Å². The third kappa shape index (κ3) is 5.72. The quantitative estimate of drug-likeness (QED) is 0.502. The lowest BCUT2D eigenvalue weighted by atomic mass is 10.1. The standard InChI is InChI=1S/C26H24F3N5O4/c1-16(18-5-7-19(8-6-18)26(27,28)29)31-25-32-22-11-12-33(14-21(22)24(36)34(25)37-2)23(35)15-38-20-9-3-17(13-30)4-10-20/h3-10,16H,11-12,14-15H2,1-2H3,(H,31,32)/t16-/m0/s1. The Balaban J connectivity index is 1.46. The Kier molecular flexibility index (Phi) is 7.57. The number of benzene rings is 2. The second-order valence-electron chi connectivity index (χ2n) is 8.62. The molecule has 0 saturated heterocycles. The van der Waals surface area contributed by atoms with Crippen LogP contribution in [0.5, 0.6) is 5.75 Å². The van der Waals surface area contributed by atoms with Crippen molar-refractivity contribution in [2.75, 3.05) is 25.6 Å². The summed E-state index contributed by atoms with van der Waals surface area (Å²) in [5.74, 6) is 0.227. The van der Waals surface area contributed by atoms with Gasteiger partial charge in [-0.15, -0.1) is 4.73 Å². The third-order valence-corrected chi connectivity index (χ3v) is 6.16. The number of ether oxygens (including phenoxy) is 1. The molecule has 1 aliphatic rings. The monoisotopic (exact) mass is 527 g/mol. The van der Waals surface area contributed by atoms with Gasteiger partial charge in [0.1, 0.15) is 12.9 Å². The average molecular weight is 528 g/mol. The van der Waals surface area contributed by atoms with Gasteiger partial charge in [-0.2, -0.15) is 18.4 Å². The van der Waals surface area contributed by atoms with Gasteiger partial charge >= 0.3 is 6.18 Å². The Hall–Kier alpha value is -4.53. The minimum absolute atomic E-state index is 0.0226. The topological polar surface area (TPSA) is 109 Å². The molecule has 2 heterocycles. The van der Waals surface area contributed by atoms with E-state index >= 15 is 0 Å². The van der Waals surface area contributed by atoms with Gasteiger partial charge in [-0.1, -0.05) is 12.1 Å². The van der Waals surface area contributed by atoms with Gasteiger partial charge in [-0.3, -0.25) is 9.59 Å². The molecule has 0 unspecified atom stereocenters. The van der Waals surface area contributed by atoms with E-state index in [1.165, 1.54) is 24.1 Å². The summed E-state index contributed by atoms with van der Waals surface area (Å²) < 4.78 is 45.1. The summed E-state index contributed by atoms with van der Waals surface area (Å²) in [7, 11) is 1.29. The maximum atomic E-state index is 13.2. The van der Waals surface area contributed by atoms with Crippen LogP contribution >= 0.6 is 0 Å². The average Bonchev–Trinajstić information content (AvgIpc) is 2.91. The molecule has 198 valence electrons. The molecule has 0 fully saturated rings. The van der Waals surface area contributed by atoms with Crippen molar-refractivity contribution in [2.45, 2.75) is 32.1 Å². The first-order chi connectivity index (χ1) is 18.1. The number of nitrogens with one attached hydrogen (secondary N) is 1. The number of hydrogen-bond donors (Lipinski definition) is 1. The number of carbonyl (C=O) groups excluding carboxylic acids is 1. The van der Waals surface area contributed by atoms with Crippen LogP contribution in [0.1, 0.15) is 40.9 Å². The number of nitriles is 1. The number of amides is 1. The second kappa shape index (κ2) is 10.8. The van der Waals surface area contributed by atoms with E-state index in [-0.39, 0.29) is 25.0 Å². The van der Waals surface area contributed by atoms with Gasteiger partial charge in [0.2, 0.25) is 5.95 Å². The van der Waals surface area contributed by atoms with Gasteiger partial charge in [-0.25, -0.2) is 4.98 Å². The predicted octanol–water partition coefficient (Wildman–Crippen LogP) is 3.33. The molecule has 0 spiro atoms. The van der Waals surface area contributed by atoms with E-state index in [0.29, 0.717) is 41.1 Å². The highest BCUT2D eigenvalue weighted by Gasteiger charge is 2.30. The SMILES string of the molecule is COn1c(N[C@@H](C)c2ccc(C(F)(F)F)cc2)nc2c(c1=O)CN(C(=O)COc1ccc(C#N)cc1)CC2. The fraction of sp³-hybridized carbons (Fsp3) is 0.308. The van der Waals surface area contributed by atoms with Crippen LogP contribution < -0.4 is 20.5 Å². The normalized spacial score (nSPS) is 13.7. The van der Waals surface area contributed by atoms with Crippen molar-refractivity contribution in [1.29, 1.82) is 5.26 Å². The lowest BCUT2D eigenvalue weighted by molar-refractivity contribution is -0.137. The molecule has 9 nitrogen and oxygen atoms in total. The molecule has 0 radical (unpaired) electrons. The van der Waals surface area contributed by atoms with E-state index in [1.54, 1.807) is 31.2 Å². The van der Waals surface area contributed by atoms with Gasteiger partial charge in [0.15, 0.2) is 6.61 Å². The minimum atomic E-state index is -4.43. The number of aromatic nitrogens is 2. The highest BCUT2D eigenvalue weighted by molar-refractivity contribution is 5.78. The number of alkyl halides is 3. The van der Waals surface area contributed by atoms with Crippen LogP contribution in [0.4, 0.5) is 19.1 Å². The fourth-order valence-corrected chi connectivity index (χ4v) is 4.03. The number of nitrogens with zero attached hydrogens (tertiary/aromatic N) is 4. The fourth-order valence-electron chi connectivity index (χ4n) is 4.03. The molecule has 0 bridgehead atoms. The molecule has 0 aliphatic carbocycles. The summed E-state index contributed by atoms with van der Waals surface area (Å²) in [6.45, 7) is 1.83. The molecular weight excluding hydrogens is 503 g/mol. The van der Waals surface area contributed by atoms with E-state index in [2.05, 4.69) is 10.3 Å². The highest BCUT2D eigenvalue weighted by atomic mass is 19.4. The van der Waals surface area contributed by atoms with Crippen LogP contribution in [0.3, 0.4) is 0 Å². The first-order valence-electron chi connectivity index (χ1n) is 11.6. The lowest BCUT2D eigenvalue weighted by Crippen LogP contribution is -2.44. The molecule has 1 atom stereocenters. The Bertz CT molecular complexity index is 1410. The predicted molar refractivity (Wildman–Crippen MR) is 130 cm³/mol. The van der Waals surface area contributed by atoms with Crippen LogP contribution in [0.15, 0.2) is 53.3 Å². The molecule has 1 N–H and O–H groups in total. The van der Waals surface area contributed by atoms with Crippen LogP contribution in [-0.2, 0) is 23.9 Å². The molecule has 1 amide bonds. The Labute approximate surface area is 216 Å². The summed E-state index contributed by atoms with van der Waals surface area (Å²) in [5.41, 5.74) is 0.591. The van der Waals surface area contributed by atoms with Gasteiger partial charge in [0.25, 0.3) is 11.5 Å². The van der Waals surface area contributed by atoms with E-state index < -0.39 is 23.3 Å². The zero-order valence-electron chi connectivity index (χ0n) is 20.6. The molecule has 0 saturated carbocycles. The number of hydrogen-bond acceptors (Lipinski definition) is 7. The van der Waals surface area contributed by atoms with Gasteiger partial charge in [-0.05, 0) is 48.9 Å². The summed E-state index contributed by atoms with van der Waals surface area (Å²) in [4.78, 5) is 37.2. The van der Waals surface area contributed by atoms with Crippen molar-refractivity contribution in [2.24, 2.45) is 0 Å². The van der Waals surface area contributed by atoms with E-state index in [4.69, 9.17) is 14.8 Å². The van der Waals surface area contributed by atoms with Crippen molar-refractivity contribution in [3.05, 3.63) is 86.8 Å². The van der Waals surface area contributed by atoms with Crippen molar-refractivity contribution >= 4 is 11.9 Å². The smallest absolute Gasteiger partial charge is 0.416 e. The van der Waals surface area contributed by atoms with Crippen LogP contribution in [0.25, 0.3) is 0 Å². The van der Waals surface area contributed by atoms with E-state index in [9.17, 15) is 22.8 Å². The Morgan fingerprint density at radius 1 is 1.18 bits per heavy atom. The second-order valence-corrected chi connectivity index (χ2v) is 8.62. The number of halogens is 3. The van der Waals surface area contributed by atoms with Crippen molar-refractivity contribution in [3.8, 4) is 11.8 Å². The zero-order chi connectivity index (χ0) is 27.4. The molecule has 2 aromatic carbocycles. The summed E-state index contributed by atoms with van der Waals surface area (Å²) >= 11 is 0. The molecular formula is C26H24F3N5O4. The number of anilines is 1. The van der Waals surface area contributed by atoms with Crippen molar-refractivity contribution in [1.82, 2.24) is 14.6 Å². The van der Waals surface area contributed by atoms with Gasteiger partial charge in [0, 0.05) is 13.0 Å². The van der Waals surface area contributed by atoms with Crippen molar-refractivity contribution in [3.63, 3.8) is 0 Å². The largest absolute Gasteiger partial charge is 0.484 e.